The van der Waals surface area contributed by atoms with Gasteiger partial charge in [-0.15, -0.1) is 6.42 Å². The zero-order chi connectivity index (χ0) is 21.4. The number of aromatic nitrogens is 3. The van der Waals surface area contributed by atoms with Crippen LogP contribution in [0.3, 0.4) is 0 Å². The number of carbonyl (C=O) groups excluding carboxylic acids is 1. The van der Waals surface area contributed by atoms with Crippen LogP contribution in [0.25, 0.3) is 16.8 Å². The first kappa shape index (κ1) is 19.4. The fourth-order valence-electron chi connectivity index (χ4n) is 4.24. The highest BCUT2D eigenvalue weighted by Gasteiger charge is 2.40. The van der Waals surface area contributed by atoms with Crippen molar-refractivity contribution in [2.24, 2.45) is 0 Å². The lowest BCUT2D eigenvalue weighted by atomic mass is 10.0. The molecule has 0 radical (unpaired) electrons. The fourth-order valence-corrected chi connectivity index (χ4v) is 4.24. The van der Waals surface area contributed by atoms with Gasteiger partial charge in [0.1, 0.15) is 12.7 Å². The van der Waals surface area contributed by atoms with E-state index in [-0.39, 0.29) is 11.9 Å². The summed E-state index contributed by atoms with van der Waals surface area (Å²) in [6.45, 7) is 3.88. The molecule has 8 heteroatoms. The van der Waals surface area contributed by atoms with Crippen molar-refractivity contribution in [2.75, 3.05) is 31.6 Å². The average molecular weight is 417 g/mol. The van der Waals surface area contributed by atoms with Crippen LogP contribution in [-0.4, -0.2) is 63.9 Å². The van der Waals surface area contributed by atoms with E-state index in [9.17, 15) is 4.79 Å². The van der Waals surface area contributed by atoms with Crippen LogP contribution in [-0.2, 0) is 9.53 Å². The Kier molecular flexibility index (Phi) is 4.96. The molecular weight excluding hydrogens is 394 g/mol. The third kappa shape index (κ3) is 3.57. The minimum Gasteiger partial charge on any atom is -0.475 e. The van der Waals surface area contributed by atoms with E-state index >= 15 is 0 Å². The van der Waals surface area contributed by atoms with Gasteiger partial charge in [-0.1, -0.05) is 5.92 Å². The summed E-state index contributed by atoms with van der Waals surface area (Å²) in [5.41, 5.74) is 4.11. The molecule has 1 saturated heterocycles. The first-order valence-electron chi connectivity index (χ1n) is 10.4. The molecule has 2 aromatic heterocycles. The number of amides is 1. The van der Waals surface area contributed by atoms with Crippen molar-refractivity contribution in [1.82, 2.24) is 19.5 Å². The summed E-state index contributed by atoms with van der Waals surface area (Å²) in [7, 11) is 0. The van der Waals surface area contributed by atoms with Crippen molar-refractivity contribution < 1.29 is 14.3 Å². The second-order valence-electron chi connectivity index (χ2n) is 7.64. The highest BCUT2D eigenvalue weighted by molar-refractivity contribution is 5.84. The number of nitrogens with zero attached hydrogens (tertiary/aromatic N) is 4. The van der Waals surface area contributed by atoms with Crippen molar-refractivity contribution in [2.45, 2.75) is 25.5 Å². The minimum absolute atomic E-state index is 0.00361. The summed E-state index contributed by atoms with van der Waals surface area (Å²) in [5, 5.41) is 7.82. The molecule has 3 aromatic rings. The summed E-state index contributed by atoms with van der Waals surface area (Å²) >= 11 is 0. The predicted octanol–water partition coefficient (Wildman–Crippen LogP) is 2.19. The predicted molar refractivity (Wildman–Crippen MR) is 116 cm³/mol. The Balaban J connectivity index is 1.56. The van der Waals surface area contributed by atoms with E-state index in [2.05, 4.69) is 21.3 Å². The molecule has 0 unspecified atom stereocenters. The summed E-state index contributed by atoms with van der Waals surface area (Å²) in [4.78, 5) is 19.4. The van der Waals surface area contributed by atoms with E-state index in [1.807, 2.05) is 36.2 Å². The van der Waals surface area contributed by atoms with Gasteiger partial charge in [-0.05, 0) is 30.7 Å². The van der Waals surface area contributed by atoms with Gasteiger partial charge in [-0.2, -0.15) is 10.1 Å². The number of benzene rings is 1. The second kappa shape index (κ2) is 7.93. The van der Waals surface area contributed by atoms with Crippen molar-refractivity contribution in [3.63, 3.8) is 0 Å². The monoisotopic (exact) mass is 417 g/mol. The highest BCUT2D eigenvalue weighted by Crippen LogP contribution is 2.29. The van der Waals surface area contributed by atoms with E-state index in [0.717, 1.165) is 22.4 Å². The molecule has 0 saturated carbocycles. The van der Waals surface area contributed by atoms with Gasteiger partial charge in [0.05, 0.1) is 12.2 Å². The first-order valence-corrected chi connectivity index (χ1v) is 10.4. The van der Waals surface area contributed by atoms with Gasteiger partial charge in [0.2, 0.25) is 5.88 Å². The van der Waals surface area contributed by atoms with E-state index in [1.165, 1.54) is 0 Å². The molecule has 2 aliphatic heterocycles. The fraction of sp³-hybridized carbons (Fsp3) is 0.348. The molecule has 31 heavy (non-hydrogen) atoms. The Bertz CT molecular complexity index is 1180. The van der Waals surface area contributed by atoms with Crippen LogP contribution in [0.15, 0.2) is 36.7 Å². The van der Waals surface area contributed by atoms with Crippen LogP contribution in [0.4, 0.5) is 5.69 Å². The molecule has 1 aromatic carbocycles. The number of hydrogen-bond acceptors (Lipinski definition) is 6. The molecule has 0 spiro atoms. The number of anilines is 1. The number of nitrogens with one attached hydrogen (secondary N) is 1. The van der Waals surface area contributed by atoms with Crippen LogP contribution in [0.2, 0.25) is 0 Å². The van der Waals surface area contributed by atoms with E-state index in [0.29, 0.717) is 44.3 Å². The number of terminal acetylenes is 1. The maximum absolute atomic E-state index is 12.9. The number of fused-ring (bicyclic) bond motifs is 5. The molecule has 2 aliphatic rings. The maximum Gasteiger partial charge on any atom is 0.252 e. The quantitative estimate of drug-likeness (QED) is 0.644. The standard InChI is InChI=1S/C23H23N5O3/c1-3-15-9-16-11-17(10-15)24-6-8-27-18(12-20(23(27)29)30-4-2)14-31-21-5-7-28-22(26-21)19(16)13-25-28/h1,5,7,9-11,13,18,20,24H,4,6,8,12,14H2,2H3/t18-,20+/m0/s1. The van der Waals surface area contributed by atoms with E-state index in [4.69, 9.17) is 15.9 Å². The lowest BCUT2D eigenvalue weighted by Gasteiger charge is -2.25. The van der Waals surface area contributed by atoms with Crippen molar-refractivity contribution in [3.8, 4) is 29.4 Å². The number of hydrogen-bond donors (Lipinski definition) is 1. The second-order valence-corrected chi connectivity index (χ2v) is 7.64. The molecule has 4 bridgehead atoms. The largest absolute Gasteiger partial charge is 0.475 e. The SMILES string of the molecule is C#Cc1cc2cc(c1)-c1cnn3ccc(nc13)OC[C@@H]1C[C@@H](OCC)C(=O)N1CCN2. The van der Waals surface area contributed by atoms with Gasteiger partial charge in [0, 0.05) is 55.2 Å². The normalized spacial score (nSPS) is 20.6. The summed E-state index contributed by atoms with van der Waals surface area (Å²) in [6, 6.07) is 7.58. The maximum atomic E-state index is 12.9. The number of carbonyl (C=O) groups is 1. The third-order valence-electron chi connectivity index (χ3n) is 5.71. The van der Waals surface area contributed by atoms with Crippen molar-refractivity contribution >= 4 is 17.2 Å². The smallest absolute Gasteiger partial charge is 0.252 e. The zero-order valence-electron chi connectivity index (χ0n) is 17.2. The van der Waals surface area contributed by atoms with Crippen molar-refractivity contribution in [1.29, 1.82) is 0 Å². The first-order chi connectivity index (χ1) is 15.2. The molecule has 2 atom stereocenters. The third-order valence-corrected chi connectivity index (χ3v) is 5.71. The molecular formula is C23H23N5O3. The van der Waals surface area contributed by atoms with Crippen LogP contribution in [0, 0.1) is 12.3 Å². The van der Waals surface area contributed by atoms with Gasteiger partial charge in [-0.3, -0.25) is 4.79 Å². The Morgan fingerprint density at radius 1 is 1.39 bits per heavy atom. The summed E-state index contributed by atoms with van der Waals surface area (Å²) < 4.78 is 13.4. The average Bonchev–Trinajstić information content (AvgIpc) is 3.33. The Morgan fingerprint density at radius 2 is 2.29 bits per heavy atom. The van der Waals surface area contributed by atoms with E-state index in [1.54, 1.807) is 16.8 Å². The molecule has 0 aliphatic carbocycles. The Hall–Kier alpha value is -3.57. The van der Waals surface area contributed by atoms with Crippen LogP contribution < -0.4 is 10.1 Å². The summed E-state index contributed by atoms with van der Waals surface area (Å²) in [6.07, 6.45) is 9.46. The van der Waals surface area contributed by atoms with Gasteiger partial charge in [0.25, 0.3) is 5.91 Å². The highest BCUT2D eigenvalue weighted by atomic mass is 16.5. The molecule has 1 fully saturated rings. The van der Waals surface area contributed by atoms with Crippen LogP contribution in [0.5, 0.6) is 5.88 Å². The molecule has 1 N–H and O–H groups in total. The molecule has 1 amide bonds. The Labute approximate surface area is 180 Å². The van der Waals surface area contributed by atoms with Gasteiger partial charge in [0.15, 0.2) is 5.65 Å². The van der Waals surface area contributed by atoms with Crippen molar-refractivity contribution in [3.05, 3.63) is 42.2 Å². The molecule has 158 valence electrons. The van der Waals surface area contributed by atoms with Gasteiger partial charge < -0.3 is 19.7 Å². The minimum atomic E-state index is -0.428. The topological polar surface area (TPSA) is 81.0 Å². The lowest BCUT2D eigenvalue weighted by Crippen LogP contribution is -2.41. The number of ether oxygens (including phenoxy) is 2. The molecule has 8 nitrogen and oxygen atoms in total. The van der Waals surface area contributed by atoms with Crippen LogP contribution >= 0.6 is 0 Å². The Morgan fingerprint density at radius 3 is 3.13 bits per heavy atom. The summed E-state index contributed by atoms with van der Waals surface area (Å²) in [5.74, 6) is 3.21. The molecule has 4 heterocycles. The number of rotatable bonds is 2. The zero-order valence-corrected chi connectivity index (χ0v) is 17.2. The molecule has 5 rings (SSSR count). The van der Waals surface area contributed by atoms with Gasteiger partial charge >= 0.3 is 0 Å². The van der Waals surface area contributed by atoms with Crippen LogP contribution in [0.1, 0.15) is 18.9 Å². The van der Waals surface area contributed by atoms with E-state index < -0.39 is 6.10 Å². The van der Waals surface area contributed by atoms with Gasteiger partial charge in [-0.25, -0.2) is 4.52 Å². The lowest BCUT2D eigenvalue weighted by molar-refractivity contribution is -0.137.